The van der Waals surface area contributed by atoms with Crippen LogP contribution in [0.25, 0.3) is 0 Å². The van der Waals surface area contributed by atoms with Crippen LogP contribution in [0.4, 0.5) is 11.6 Å². The topological polar surface area (TPSA) is 78.4 Å². The molecule has 3 rings (SSSR count). The summed E-state index contributed by atoms with van der Waals surface area (Å²) in [7, 11) is 0.747. The summed E-state index contributed by atoms with van der Waals surface area (Å²) in [5.41, 5.74) is 0. The van der Waals surface area contributed by atoms with Gasteiger partial charge in [0.05, 0.1) is 5.25 Å². The van der Waals surface area contributed by atoms with Crippen LogP contribution in [0, 0.1) is 0 Å². The molecule has 1 atom stereocenters. The van der Waals surface area contributed by atoms with Crippen LogP contribution in [0.1, 0.15) is 25.7 Å². The molecule has 0 bridgehead atoms. The molecule has 22 heavy (non-hydrogen) atoms. The summed E-state index contributed by atoms with van der Waals surface area (Å²) in [4.78, 5) is 12.6. The lowest BCUT2D eigenvalue weighted by Gasteiger charge is -2.34. The van der Waals surface area contributed by atoms with Crippen molar-refractivity contribution in [3.63, 3.8) is 0 Å². The van der Waals surface area contributed by atoms with E-state index in [2.05, 4.69) is 19.6 Å². The van der Waals surface area contributed by atoms with Crippen molar-refractivity contribution in [2.75, 3.05) is 37.0 Å². The van der Waals surface area contributed by atoms with Crippen molar-refractivity contribution in [3.05, 3.63) is 12.4 Å². The van der Waals surface area contributed by atoms with Crippen molar-refractivity contribution in [2.45, 2.75) is 37.0 Å². The lowest BCUT2D eigenvalue weighted by atomic mass is 10.1. The molecule has 1 saturated carbocycles. The number of sulfonamides is 1. The average molecular weight is 325 g/mol. The molecule has 1 aliphatic heterocycles. The summed E-state index contributed by atoms with van der Waals surface area (Å²) in [6.07, 6.45) is 4.99. The van der Waals surface area contributed by atoms with E-state index in [9.17, 15) is 8.42 Å². The van der Waals surface area contributed by atoms with E-state index in [4.69, 9.17) is 0 Å². The Labute approximate surface area is 131 Å². The third-order valence-corrected chi connectivity index (χ3v) is 6.15. The second-order valence-corrected chi connectivity index (χ2v) is 8.27. The number of hydrogen-bond donors (Lipinski definition) is 1. The lowest BCUT2D eigenvalue weighted by Crippen LogP contribution is -2.48. The zero-order chi connectivity index (χ0) is 15.7. The van der Waals surface area contributed by atoms with Crippen molar-refractivity contribution in [2.24, 2.45) is 0 Å². The molecule has 2 aliphatic rings. The summed E-state index contributed by atoms with van der Waals surface area (Å²) >= 11 is 0. The number of nitrogens with zero attached hydrogens (tertiary/aromatic N) is 4. The summed E-state index contributed by atoms with van der Waals surface area (Å²) in [6, 6.07) is 1.91. The minimum Gasteiger partial charge on any atom is -0.363 e. The van der Waals surface area contributed by atoms with Gasteiger partial charge in [-0.15, -0.1) is 0 Å². The second kappa shape index (κ2) is 6.00. The van der Waals surface area contributed by atoms with E-state index in [1.165, 1.54) is 0 Å². The van der Waals surface area contributed by atoms with E-state index in [1.54, 1.807) is 6.33 Å². The fourth-order valence-corrected chi connectivity index (χ4v) is 4.35. The first-order valence-electron chi connectivity index (χ1n) is 7.71. The number of anilines is 2. The number of piperidine rings is 1. The first-order valence-corrected chi connectivity index (χ1v) is 9.26. The van der Waals surface area contributed by atoms with Crippen molar-refractivity contribution < 1.29 is 8.42 Å². The largest absolute Gasteiger partial charge is 0.363 e. The molecule has 1 N–H and O–H groups in total. The van der Waals surface area contributed by atoms with Gasteiger partial charge < -0.3 is 9.80 Å². The minimum atomic E-state index is -3.13. The van der Waals surface area contributed by atoms with Crippen LogP contribution in [0.15, 0.2) is 12.4 Å². The predicted molar refractivity (Wildman–Crippen MR) is 86.7 cm³/mol. The standard InChI is InChI=1S/C14H23N5O2S/c1-18(2)13-8-14(16-10-15-13)19-7-3-4-11(9-19)17-22(20,21)12-5-6-12/h8,10-12,17H,3-7,9H2,1-2H3. The fraction of sp³-hybridized carbons (Fsp3) is 0.714. The Morgan fingerprint density at radius 3 is 2.73 bits per heavy atom. The molecule has 0 aromatic carbocycles. The molecule has 1 aliphatic carbocycles. The molecule has 0 radical (unpaired) electrons. The molecule has 2 heterocycles. The molecule has 1 aromatic rings. The van der Waals surface area contributed by atoms with Gasteiger partial charge in [0.15, 0.2) is 0 Å². The number of aromatic nitrogens is 2. The normalized spacial score (nSPS) is 22.6. The first-order chi connectivity index (χ1) is 10.5. The van der Waals surface area contributed by atoms with Gasteiger partial charge in [-0.3, -0.25) is 0 Å². The van der Waals surface area contributed by atoms with Gasteiger partial charge in [-0.25, -0.2) is 23.1 Å². The third-order valence-electron chi connectivity index (χ3n) is 4.14. The Bertz CT molecular complexity index is 630. The molecule has 122 valence electrons. The van der Waals surface area contributed by atoms with Crippen LogP contribution >= 0.6 is 0 Å². The van der Waals surface area contributed by atoms with Gasteiger partial charge >= 0.3 is 0 Å². The smallest absolute Gasteiger partial charge is 0.214 e. The zero-order valence-corrected chi connectivity index (χ0v) is 13.9. The maximum atomic E-state index is 12.1. The van der Waals surface area contributed by atoms with Crippen molar-refractivity contribution in [1.82, 2.24) is 14.7 Å². The van der Waals surface area contributed by atoms with Gasteiger partial charge in [0.25, 0.3) is 0 Å². The maximum Gasteiger partial charge on any atom is 0.214 e. The van der Waals surface area contributed by atoms with Crippen molar-refractivity contribution in [1.29, 1.82) is 0 Å². The minimum absolute atomic E-state index is 0.0304. The highest BCUT2D eigenvalue weighted by Crippen LogP contribution is 2.28. The SMILES string of the molecule is CN(C)c1cc(N2CCCC(NS(=O)(=O)C3CC3)C2)ncn1. The van der Waals surface area contributed by atoms with Gasteiger partial charge in [0.2, 0.25) is 10.0 Å². The maximum absolute atomic E-state index is 12.1. The highest BCUT2D eigenvalue weighted by atomic mass is 32.2. The third kappa shape index (κ3) is 3.49. The molecule has 2 fully saturated rings. The van der Waals surface area contributed by atoms with Crippen LogP contribution in [-0.2, 0) is 10.0 Å². The molecule has 8 heteroatoms. The summed E-state index contributed by atoms with van der Waals surface area (Å²) < 4.78 is 27.0. The molecule has 1 saturated heterocycles. The van der Waals surface area contributed by atoms with Gasteiger partial charge in [-0.2, -0.15) is 0 Å². The molecule has 7 nitrogen and oxygen atoms in total. The van der Waals surface area contributed by atoms with Crippen molar-refractivity contribution >= 4 is 21.7 Å². The van der Waals surface area contributed by atoms with E-state index >= 15 is 0 Å². The van der Waals surface area contributed by atoms with Gasteiger partial charge in [-0.05, 0) is 25.7 Å². The molecule has 0 amide bonds. The van der Waals surface area contributed by atoms with E-state index in [1.807, 2.05) is 25.1 Å². The van der Waals surface area contributed by atoms with E-state index in [0.717, 1.165) is 43.9 Å². The Morgan fingerprint density at radius 1 is 1.27 bits per heavy atom. The summed E-state index contributed by atoms with van der Waals surface area (Å²) in [5, 5.41) is -0.165. The van der Waals surface area contributed by atoms with Crippen LogP contribution in [0.5, 0.6) is 0 Å². The van der Waals surface area contributed by atoms with Crippen LogP contribution in [-0.4, -0.2) is 56.9 Å². The molecule has 1 aromatic heterocycles. The lowest BCUT2D eigenvalue weighted by molar-refractivity contribution is 0.463. The van der Waals surface area contributed by atoms with Crippen LogP contribution in [0.2, 0.25) is 0 Å². The fourth-order valence-electron chi connectivity index (χ4n) is 2.74. The van der Waals surface area contributed by atoms with E-state index < -0.39 is 10.0 Å². The van der Waals surface area contributed by atoms with E-state index in [-0.39, 0.29) is 11.3 Å². The molecular formula is C14H23N5O2S. The molecule has 1 unspecified atom stereocenters. The van der Waals surface area contributed by atoms with Gasteiger partial charge in [0, 0.05) is 39.3 Å². The van der Waals surface area contributed by atoms with Crippen LogP contribution < -0.4 is 14.5 Å². The summed E-state index contributed by atoms with van der Waals surface area (Å²) in [6.45, 7) is 1.56. The average Bonchev–Trinajstić information content (AvgIpc) is 3.32. The monoisotopic (exact) mass is 325 g/mol. The summed E-state index contributed by atoms with van der Waals surface area (Å²) in [5.74, 6) is 1.71. The van der Waals surface area contributed by atoms with Crippen molar-refractivity contribution in [3.8, 4) is 0 Å². The van der Waals surface area contributed by atoms with Crippen LogP contribution in [0.3, 0.4) is 0 Å². The zero-order valence-electron chi connectivity index (χ0n) is 13.1. The Kier molecular flexibility index (Phi) is 4.22. The van der Waals surface area contributed by atoms with E-state index in [0.29, 0.717) is 6.54 Å². The number of nitrogens with one attached hydrogen (secondary N) is 1. The highest BCUT2D eigenvalue weighted by molar-refractivity contribution is 7.90. The molecular weight excluding hydrogens is 302 g/mol. The van der Waals surface area contributed by atoms with Gasteiger partial charge in [-0.1, -0.05) is 0 Å². The quantitative estimate of drug-likeness (QED) is 0.854. The Hall–Kier alpha value is -1.41. The second-order valence-electron chi connectivity index (χ2n) is 6.28. The number of hydrogen-bond acceptors (Lipinski definition) is 6. The first kappa shape index (κ1) is 15.5. The number of rotatable bonds is 5. The predicted octanol–water partition coefficient (Wildman–Crippen LogP) is 0.593. The molecule has 0 spiro atoms. The highest BCUT2D eigenvalue weighted by Gasteiger charge is 2.37. The Morgan fingerprint density at radius 2 is 2.05 bits per heavy atom. The van der Waals surface area contributed by atoms with Gasteiger partial charge in [0.1, 0.15) is 18.0 Å². The Balaban J connectivity index is 1.69.